The zero-order chi connectivity index (χ0) is 22.6. The van der Waals surface area contributed by atoms with Crippen molar-refractivity contribution in [2.45, 2.75) is 101 Å². The maximum atomic E-state index is 12.8. The van der Waals surface area contributed by atoms with Crippen LogP contribution in [0.2, 0.25) is 0 Å². The normalized spacial score (nSPS) is 31.2. The highest BCUT2D eigenvalue weighted by Crippen LogP contribution is 2.44. The largest absolute Gasteiger partial charge is 0.446 e. The smallest absolute Gasteiger partial charge is 0.410 e. The number of benzene rings is 1. The number of carbonyl (C=O) groups excluding carboxylic acids is 2. The molecule has 6 rings (SSSR count). The number of piperidine rings is 2. The third-order valence-electron chi connectivity index (χ3n) is 9.40. The van der Waals surface area contributed by atoms with Crippen molar-refractivity contribution in [2.75, 3.05) is 19.6 Å². The van der Waals surface area contributed by atoms with Gasteiger partial charge in [-0.3, -0.25) is 4.79 Å². The van der Waals surface area contributed by atoms with Gasteiger partial charge in [-0.15, -0.1) is 0 Å². The lowest BCUT2D eigenvalue weighted by Gasteiger charge is -2.51. The second-order valence-electron chi connectivity index (χ2n) is 11.2. The van der Waals surface area contributed by atoms with Crippen LogP contribution in [0.5, 0.6) is 0 Å². The molecule has 3 saturated heterocycles. The van der Waals surface area contributed by atoms with Gasteiger partial charge in [-0.25, -0.2) is 4.79 Å². The van der Waals surface area contributed by atoms with E-state index in [9.17, 15) is 9.59 Å². The summed E-state index contributed by atoms with van der Waals surface area (Å²) in [4.78, 5) is 31.9. The summed E-state index contributed by atoms with van der Waals surface area (Å²) in [5, 5.41) is 0. The SMILES string of the molecule is CC(=O)N1Cc2ccccc2C2(CCN(C3CC4CCC(C3)N4C(=O)OC3CCC3)CC2)C1. The van der Waals surface area contributed by atoms with E-state index in [1.165, 1.54) is 17.5 Å². The molecule has 1 saturated carbocycles. The number of rotatable bonds is 2. The van der Waals surface area contributed by atoms with Gasteiger partial charge >= 0.3 is 6.09 Å². The molecule has 0 aromatic heterocycles. The Bertz CT molecular complexity index is 907. The Morgan fingerprint density at radius 3 is 2.30 bits per heavy atom. The van der Waals surface area contributed by atoms with Gasteiger partial charge in [0.2, 0.25) is 5.91 Å². The minimum atomic E-state index is -0.0496. The molecule has 1 spiro atoms. The molecule has 33 heavy (non-hydrogen) atoms. The van der Waals surface area contributed by atoms with E-state index in [1.807, 2.05) is 4.90 Å². The molecule has 0 radical (unpaired) electrons. The Morgan fingerprint density at radius 1 is 0.970 bits per heavy atom. The predicted octanol–water partition coefficient (Wildman–Crippen LogP) is 4.07. The van der Waals surface area contributed by atoms with E-state index < -0.39 is 0 Å². The Balaban J connectivity index is 1.12. The molecular formula is C27H37N3O3. The van der Waals surface area contributed by atoms with Gasteiger partial charge in [-0.05, 0) is 82.0 Å². The second-order valence-corrected chi connectivity index (χ2v) is 11.2. The molecule has 5 aliphatic rings. The van der Waals surface area contributed by atoms with Crippen molar-refractivity contribution in [1.82, 2.24) is 14.7 Å². The van der Waals surface area contributed by atoms with Crippen molar-refractivity contribution in [3.8, 4) is 0 Å². The standard InChI is InChI=1S/C27H37N3O3/c1-19(31)29-17-20-5-2-3-8-25(20)27(18-29)11-13-28(14-12-27)23-15-21-9-10-22(16-23)30(21)26(32)33-24-6-4-7-24/h2-3,5,8,21-24H,4,6-7,9-18H2,1H3. The van der Waals surface area contributed by atoms with Crippen LogP contribution in [0.1, 0.15) is 75.8 Å². The average molecular weight is 452 g/mol. The number of likely N-dealkylation sites (tertiary alicyclic amines) is 1. The predicted molar refractivity (Wildman–Crippen MR) is 126 cm³/mol. The Kier molecular flexibility index (Phi) is 5.39. The maximum absolute atomic E-state index is 12.8. The molecule has 178 valence electrons. The van der Waals surface area contributed by atoms with E-state index in [2.05, 4.69) is 34.1 Å². The van der Waals surface area contributed by atoms with Crippen molar-refractivity contribution < 1.29 is 14.3 Å². The lowest BCUT2D eigenvalue weighted by molar-refractivity contribution is -0.131. The zero-order valence-corrected chi connectivity index (χ0v) is 19.9. The number of nitrogens with zero attached hydrogens (tertiary/aromatic N) is 3. The number of amides is 2. The average Bonchev–Trinajstić information content (AvgIpc) is 3.06. The summed E-state index contributed by atoms with van der Waals surface area (Å²) in [5.41, 5.74) is 2.88. The first-order chi connectivity index (χ1) is 16.0. The summed E-state index contributed by atoms with van der Waals surface area (Å²) in [6.45, 7) is 5.46. The number of carbonyl (C=O) groups is 2. The van der Waals surface area contributed by atoms with Gasteiger partial charge in [0, 0.05) is 43.6 Å². The van der Waals surface area contributed by atoms with Gasteiger partial charge in [0.05, 0.1) is 0 Å². The van der Waals surface area contributed by atoms with E-state index in [1.54, 1.807) is 6.92 Å². The summed E-state index contributed by atoms with van der Waals surface area (Å²) in [5.74, 6) is 0.184. The molecule has 6 nitrogen and oxygen atoms in total. The van der Waals surface area contributed by atoms with Crippen LogP contribution < -0.4 is 0 Å². The van der Waals surface area contributed by atoms with E-state index in [-0.39, 0.29) is 23.5 Å². The molecule has 2 bridgehead atoms. The molecule has 4 heterocycles. The van der Waals surface area contributed by atoms with Crippen LogP contribution in [0.4, 0.5) is 4.79 Å². The summed E-state index contributed by atoms with van der Waals surface area (Å²) in [7, 11) is 0. The molecule has 2 atom stereocenters. The number of hydrogen-bond acceptors (Lipinski definition) is 4. The molecule has 0 N–H and O–H groups in total. The van der Waals surface area contributed by atoms with Crippen LogP contribution in [0.3, 0.4) is 0 Å². The minimum absolute atomic E-state index is 0.0496. The highest BCUT2D eigenvalue weighted by Gasteiger charge is 2.48. The third-order valence-corrected chi connectivity index (χ3v) is 9.40. The van der Waals surface area contributed by atoms with Crippen molar-refractivity contribution in [1.29, 1.82) is 0 Å². The Hall–Kier alpha value is -2.08. The number of ether oxygens (including phenoxy) is 1. The highest BCUT2D eigenvalue weighted by atomic mass is 16.6. The molecule has 1 aromatic carbocycles. The molecule has 6 heteroatoms. The van der Waals surface area contributed by atoms with Crippen LogP contribution >= 0.6 is 0 Å². The first-order valence-electron chi connectivity index (χ1n) is 13.1. The Morgan fingerprint density at radius 2 is 1.67 bits per heavy atom. The minimum Gasteiger partial charge on any atom is -0.446 e. The molecule has 2 amide bonds. The summed E-state index contributed by atoms with van der Waals surface area (Å²) in [6.07, 6.45) is 10.0. The first-order valence-corrected chi connectivity index (χ1v) is 13.1. The van der Waals surface area contributed by atoms with Gasteiger partial charge in [0.15, 0.2) is 0 Å². The molecule has 1 aliphatic carbocycles. The van der Waals surface area contributed by atoms with Crippen LogP contribution in [0.15, 0.2) is 24.3 Å². The molecular weight excluding hydrogens is 414 g/mol. The molecule has 1 aromatic rings. The second kappa shape index (κ2) is 8.30. The van der Waals surface area contributed by atoms with E-state index in [0.717, 1.165) is 77.5 Å². The third kappa shape index (κ3) is 3.74. The van der Waals surface area contributed by atoms with Crippen LogP contribution in [-0.4, -0.2) is 70.6 Å². The lowest BCUT2D eigenvalue weighted by Crippen LogP contribution is -2.57. The van der Waals surface area contributed by atoms with Crippen LogP contribution in [-0.2, 0) is 21.5 Å². The quantitative estimate of drug-likeness (QED) is 0.680. The van der Waals surface area contributed by atoms with Gasteiger partial charge < -0.3 is 19.4 Å². The van der Waals surface area contributed by atoms with E-state index in [0.29, 0.717) is 18.1 Å². The van der Waals surface area contributed by atoms with Crippen molar-refractivity contribution in [2.24, 2.45) is 0 Å². The first kappa shape index (κ1) is 21.5. The summed E-state index contributed by atoms with van der Waals surface area (Å²) >= 11 is 0. The number of fused-ring (bicyclic) bond motifs is 4. The Labute approximate surface area is 197 Å². The van der Waals surface area contributed by atoms with Crippen LogP contribution in [0, 0.1) is 0 Å². The van der Waals surface area contributed by atoms with Gasteiger partial charge in [-0.1, -0.05) is 24.3 Å². The summed E-state index contributed by atoms with van der Waals surface area (Å²) in [6, 6.07) is 10.0. The molecule has 2 unspecified atom stereocenters. The van der Waals surface area contributed by atoms with Gasteiger partial charge in [-0.2, -0.15) is 0 Å². The van der Waals surface area contributed by atoms with E-state index in [4.69, 9.17) is 4.74 Å². The van der Waals surface area contributed by atoms with Gasteiger partial charge in [0.1, 0.15) is 6.10 Å². The topological polar surface area (TPSA) is 53.1 Å². The summed E-state index contributed by atoms with van der Waals surface area (Å²) < 4.78 is 5.77. The number of hydrogen-bond donors (Lipinski definition) is 0. The van der Waals surface area contributed by atoms with Crippen molar-refractivity contribution >= 4 is 12.0 Å². The fraction of sp³-hybridized carbons (Fsp3) is 0.704. The van der Waals surface area contributed by atoms with Crippen LogP contribution in [0.25, 0.3) is 0 Å². The van der Waals surface area contributed by atoms with Gasteiger partial charge in [0.25, 0.3) is 0 Å². The molecule has 4 aliphatic heterocycles. The fourth-order valence-electron chi connectivity index (χ4n) is 7.29. The molecule has 4 fully saturated rings. The zero-order valence-electron chi connectivity index (χ0n) is 19.9. The van der Waals surface area contributed by atoms with Crippen molar-refractivity contribution in [3.05, 3.63) is 35.4 Å². The monoisotopic (exact) mass is 451 g/mol. The van der Waals surface area contributed by atoms with Crippen molar-refractivity contribution in [3.63, 3.8) is 0 Å². The highest BCUT2D eigenvalue weighted by molar-refractivity contribution is 5.74. The lowest BCUT2D eigenvalue weighted by atomic mass is 9.68. The van der Waals surface area contributed by atoms with E-state index >= 15 is 0 Å². The fourth-order valence-corrected chi connectivity index (χ4v) is 7.29. The maximum Gasteiger partial charge on any atom is 0.410 e.